The average molecular weight is 193 g/mol. The number of nitrogens with zero attached hydrogens (tertiary/aromatic N) is 2. The molecular formula is C9H11N3O2. The van der Waals surface area contributed by atoms with Crippen LogP contribution < -0.4 is 5.32 Å². The van der Waals surface area contributed by atoms with Gasteiger partial charge < -0.3 is 10.4 Å². The van der Waals surface area contributed by atoms with Crippen LogP contribution in [0.2, 0.25) is 0 Å². The highest BCUT2D eigenvalue weighted by molar-refractivity contribution is 5.85. The zero-order valence-electron chi connectivity index (χ0n) is 7.82. The molecule has 14 heavy (non-hydrogen) atoms. The highest BCUT2D eigenvalue weighted by Crippen LogP contribution is 2.04. The van der Waals surface area contributed by atoms with E-state index in [-0.39, 0.29) is 5.69 Å². The molecule has 0 aliphatic heterocycles. The molecule has 1 heterocycles. The molecule has 0 radical (unpaired) electrons. The van der Waals surface area contributed by atoms with Crippen LogP contribution in [-0.2, 0) is 0 Å². The van der Waals surface area contributed by atoms with Gasteiger partial charge in [-0.3, -0.25) is 0 Å². The van der Waals surface area contributed by atoms with Crippen molar-refractivity contribution >= 4 is 11.9 Å². The summed E-state index contributed by atoms with van der Waals surface area (Å²) in [7, 11) is 0. The lowest BCUT2D eigenvalue weighted by molar-refractivity contribution is 0.0690. The number of anilines is 1. The van der Waals surface area contributed by atoms with E-state index in [1.807, 2.05) is 0 Å². The largest absolute Gasteiger partial charge is 0.477 e. The summed E-state index contributed by atoms with van der Waals surface area (Å²) >= 11 is 0. The zero-order chi connectivity index (χ0) is 10.6. The van der Waals surface area contributed by atoms with E-state index in [9.17, 15) is 4.79 Å². The monoisotopic (exact) mass is 193 g/mol. The first-order chi connectivity index (χ1) is 6.63. The fourth-order valence-corrected chi connectivity index (χ4v) is 0.921. The Kier molecular flexibility index (Phi) is 3.17. The minimum absolute atomic E-state index is 0.0101. The van der Waals surface area contributed by atoms with Crippen molar-refractivity contribution in [2.75, 3.05) is 11.9 Å². The number of aromatic nitrogens is 2. The van der Waals surface area contributed by atoms with E-state index in [1.165, 1.54) is 6.07 Å². The highest BCUT2D eigenvalue weighted by Gasteiger charge is 2.07. The number of carboxylic acid groups (broad SMARTS) is 1. The number of hydrogen-bond acceptors (Lipinski definition) is 4. The summed E-state index contributed by atoms with van der Waals surface area (Å²) in [6.45, 7) is 5.74. The SMILES string of the molecule is C=CCNc1nc(C)cc(C(=O)O)n1. The van der Waals surface area contributed by atoms with Gasteiger partial charge >= 0.3 is 5.97 Å². The predicted octanol–water partition coefficient (Wildman–Crippen LogP) is 1.08. The number of nitrogens with one attached hydrogen (secondary N) is 1. The van der Waals surface area contributed by atoms with Crippen molar-refractivity contribution < 1.29 is 9.90 Å². The number of carboxylic acids is 1. The Morgan fingerprint density at radius 3 is 3.00 bits per heavy atom. The Morgan fingerprint density at radius 2 is 2.43 bits per heavy atom. The molecule has 5 nitrogen and oxygen atoms in total. The quantitative estimate of drug-likeness (QED) is 0.700. The maximum absolute atomic E-state index is 10.6. The molecular weight excluding hydrogens is 182 g/mol. The molecule has 1 aromatic heterocycles. The molecule has 0 aliphatic carbocycles. The van der Waals surface area contributed by atoms with E-state index in [2.05, 4.69) is 21.9 Å². The van der Waals surface area contributed by atoms with Crippen molar-refractivity contribution in [3.63, 3.8) is 0 Å². The van der Waals surface area contributed by atoms with Crippen LogP contribution in [0.25, 0.3) is 0 Å². The van der Waals surface area contributed by atoms with Crippen molar-refractivity contribution in [3.05, 3.63) is 30.1 Å². The van der Waals surface area contributed by atoms with Gasteiger partial charge in [-0.2, -0.15) is 0 Å². The van der Waals surface area contributed by atoms with Crippen LogP contribution in [-0.4, -0.2) is 27.6 Å². The first-order valence-electron chi connectivity index (χ1n) is 4.07. The molecule has 0 bridgehead atoms. The van der Waals surface area contributed by atoms with Crippen LogP contribution in [0.5, 0.6) is 0 Å². The number of rotatable bonds is 4. The molecule has 0 unspecified atom stereocenters. The van der Waals surface area contributed by atoms with Gasteiger partial charge in [0.05, 0.1) is 0 Å². The van der Waals surface area contributed by atoms with Crippen molar-refractivity contribution in [1.82, 2.24) is 9.97 Å². The Balaban J connectivity index is 2.94. The third kappa shape index (κ3) is 2.55. The van der Waals surface area contributed by atoms with Crippen LogP contribution in [0.1, 0.15) is 16.2 Å². The van der Waals surface area contributed by atoms with E-state index in [0.717, 1.165) is 0 Å². The topological polar surface area (TPSA) is 75.1 Å². The summed E-state index contributed by atoms with van der Waals surface area (Å²) in [5.41, 5.74) is 0.605. The second kappa shape index (κ2) is 4.36. The Morgan fingerprint density at radius 1 is 1.71 bits per heavy atom. The lowest BCUT2D eigenvalue weighted by Gasteiger charge is -2.03. The molecule has 5 heteroatoms. The van der Waals surface area contributed by atoms with Crippen LogP contribution in [0.4, 0.5) is 5.95 Å². The first-order valence-corrected chi connectivity index (χ1v) is 4.07. The number of hydrogen-bond donors (Lipinski definition) is 2. The predicted molar refractivity (Wildman–Crippen MR) is 52.4 cm³/mol. The maximum Gasteiger partial charge on any atom is 0.354 e. The van der Waals surface area contributed by atoms with Crippen LogP contribution in [0.15, 0.2) is 18.7 Å². The summed E-state index contributed by atoms with van der Waals surface area (Å²) in [5, 5.41) is 11.5. The van der Waals surface area contributed by atoms with Gasteiger partial charge in [-0.25, -0.2) is 14.8 Å². The zero-order valence-corrected chi connectivity index (χ0v) is 7.82. The van der Waals surface area contributed by atoms with Crippen LogP contribution in [0.3, 0.4) is 0 Å². The molecule has 0 aliphatic rings. The normalized spacial score (nSPS) is 9.50. The Labute approximate surface area is 81.5 Å². The fraction of sp³-hybridized carbons (Fsp3) is 0.222. The molecule has 0 saturated carbocycles. The smallest absolute Gasteiger partial charge is 0.354 e. The molecule has 1 aromatic rings. The molecule has 74 valence electrons. The minimum Gasteiger partial charge on any atom is -0.477 e. The lowest BCUT2D eigenvalue weighted by Crippen LogP contribution is -2.08. The number of carbonyl (C=O) groups is 1. The van der Waals surface area contributed by atoms with Crippen LogP contribution >= 0.6 is 0 Å². The Bertz CT molecular complexity index is 363. The van der Waals surface area contributed by atoms with Gasteiger partial charge in [-0.1, -0.05) is 6.08 Å². The molecule has 0 aromatic carbocycles. The molecule has 2 N–H and O–H groups in total. The van der Waals surface area contributed by atoms with Gasteiger partial charge in [0.1, 0.15) is 0 Å². The van der Waals surface area contributed by atoms with E-state index < -0.39 is 5.97 Å². The van der Waals surface area contributed by atoms with Crippen molar-refractivity contribution in [2.24, 2.45) is 0 Å². The molecule has 0 spiro atoms. The van der Waals surface area contributed by atoms with E-state index >= 15 is 0 Å². The second-order valence-corrected chi connectivity index (χ2v) is 2.69. The molecule has 0 fully saturated rings. The summed E-state index contributed by atoms with van der Waals surface area (Å²) in [6.07, 6.45) is 1.64. The Hall–Kier alpha value is -1.91. The van der Waals surface area contributed by atoms with Gasteiger partial charge in [0, 0.05) is 12.2 Å². The summed E-state index contributed by atoms with van der Waals surface area (Å²) < 4.78 is 0. The van der Waals surface area contributed by atoms with E-state index in [1.54, 1.807) is 13.0 Å². The average Bonchev–Trinajstić information content (AvgIpc) is 2.14. The molecule has 0 atom stereocenters. The maximum atomic E-state index is 10.6. The minimum atomic E-state index is -1.06. The summed E-state index contributed by atoms with van der Waals surface area (Å²) in [4.78, 5) is 18.5. The first kappa shape index (κ1) is 10.2. The third-order valence-corrected chi connectivity index (χ3v) is 1.48. The van der Waals surface area contributed by atoms with Gasteiger partial charge in [0.2, 0.25) is 5.95 Å². The van der Waals surface area contributed by atoms with E-state index in [4.69, 9.17) is 5.11 Å². The standard InChI is InChI=1S/C9H11N3O2/c1-3-4-10-9-11-6(2)5-7(12-9)8(13)14/h3,5H,1,4H2,2H3,(H,13,14)(H,10,11,12). The number of aryl methyl sites for hydroxylation is 1. The van der Waals surface area contributed by atoms with Crippen molar-refractivity contribution in [3.8, 4) is 0 Å². The van der Waals surface area contributed by atoms with Gasteiger partial charge in [0.15, 0.2) is 5.69 Å². The third-order valence-electron chi connectivity index (χ3n) is 1.48. The van der Waals surface area contributed by atoms with Crippen molar-refractivity contribution in [2.45, 2.75) is 6.92 Å². The van der Waals surface area contributed by atoms with Crippen molar-refractivity contribution in [1.29, 1.82) is 0 Å². The fourth-order valence-electron chi connectivity index (χ4n) is 0.921. The highest BCUT2D eigenvalue weighted by atomic mass is 16.4. The molecule has 0 saturated heterocycles. The summed E-state index contributed by atoms with van der Waals surface area (Å²) in [6, 6.07) is 1.42. The van der Waals surface area contributed by atoms with Gasteiger partial charge in [-0.05, 0) is 13.0 Å². The van der Waals surface area contributed by atoms with Gasteiger partial charge in [-0.15, -0.1) is 6.58 Å². The second-order valence-electron chi connectivity index (χ2n) is 2.69. The molecule has 0 amide bonds. The summed E-state index contributed by atoms with van der Waals surface area (Å²) in [5.74, 6) is -0.751. The number of aromatic carboxylic acids is 1. The van der Waals surface area contributed by atoms with Gasteiger partial charge in [0.25, 0.3) is 0 Å². The van der Waals surface area contributed by atoms with Crippen LogP contribution in [0, 0.1) is 6.92 Å². The lowest BCUT2D eigenvalue weighted by atomic mass is 10.3. The van der Waals surface area contributed by atoms with E-state index in [0.29, 0.717) is 18.2 Å². The molecule has 1 rings (SSSR count).